The highest BCUT2D eigenvalue weighted by Gasteiger charge is 2.70. The highest BCUT2D eigenvalue weighted by Crippen LogP contribution is 2.57. The molecule has 1 spiro atoms. The van der Waals surface area contributed by atoms with E-state index < -0.39 is 29.2 Å². The lowest BCUT2D eigenvalue weighted by Gasteiger charge is -2.37. The number of halogens is 1. The number of amides is 1. The molecule has 7 heteroatoms. The first-order valence-electron chi connectivity index (χ1n) is 11.1. The van der Waals surface area contributed by atoms with Crippen LogP contribution in [-0.4, -0.2) is 34.5 Å². The zero-order valence-corrected chi connectivity index (χ0v) is 18.2. The number of aromatic nitrogens is 1. The lowest BCUT2D eigenvalue weighted by molar-refractivity contribution is -0.122. The van der Waals surface area contributed by atoms with E-state index in [4.69, 9.17) is 0 Å². The number of rotatable bonds is 3. The van der Waals surface area contributed by atoms with Crippen molar-refractivity contribution in [3.63, 3.8) is 0 Å². The number of benzene rings is 2. The molecule has 0 saturated carbocycles. The third kappa shape index (κ3) is 2.55. The summed E-state index contributed by atoms with van der Waals surface area (Å²) in [6, 6.07) is 15.1. The third-order valence-corrected chi connectivity index (χ3v) is 7.21. The van der Waals surface area contributed by atoms with Gasteiger partial charge in [-0.2, -0.15) is 0 Å². The molecule has 0 radical (unpaired) electrons. The standard InChI is InChI=1S/C27H20FN3O3/c1-15(32)24-23(25(33)20-8-4-5-13-29-20)27(18-6-2-3-7-19(18)30-26(27)34)22-12-9-16-14-17(28)10-11-21(16)31(22)24/h2-14,22-24H,1H3,(H,30,34)/t22-,23+,24-,27-/m1/s1. The summed E-state index contributed by atoms with van der Waals surface area (Å²) in [7, 11) is 0. The van der Waals surface area contributed by atoms with Crippen molar-refractivity contribution in [2.24, 2.45) is 5.92 Å². The van der Waals surface area contributed by atoms with Crippen molar-refractivity contribution >= 4 is 34.9 Å². The smallest absolute Gasteiger partial charge is 0.238 e. The van der Waals surface area contributed by atoms with Crippen molar-refractivity contribution in [2.75, 3.05) is 10.2 Å². The van der Waals surface area contributed by atoms with E-state index in [9.17, 15) is 18.8 Å². The van der Waals surface area contributed by atoms with Crippen LogP contribution in [0.3, 0.4) is 0 Å². The minimum atomic E-state index is -1.36. The number of hydrogen-bond donors (Lipinski definition) is 1. The van der Waals surface area contributed by atoms with Gasteiger partial charge in [-0.05, 0) is 48.9 Å². The van der Waals surface area contributed by atoms with Crippen molar-refractivity contribution in [3.8, 4) is 0 Å². The number of nitrogens with zero attached hydrogens (tertiary/aromatic N) is 2. The molecule has 1 amide bonds. The summed E-state index contributed by atoms with van der Waals surface area (Å²) in [5.41, 5.74) is 1.33. The second-order valence-electron chi connectivity index (χ2n) is 8.90. The van der Waals surface area contributed by atoms with Crippen LogP contribution in [0.25, 0.3) is 6.08 Å². The monoisotopic (exact) mass is 453 g/mol. The number of para-hydroxylation sites is 1. The Morgan fingerprint density at radius 3 is 2.65 bits per heavy atom. The second-order valence-corrected chi connectivity index (χ2v) is 8.90. The Bertz CT molecular complexity index is 1400. The van der Waals surface area contributed by atoms with Crippen LogP contribution in [0.1, 0.15) is 28.5 Å². The number of carbonyl (C=O) groups is 3. The van der Waals surface area contributed by atoms with Crippen LogP contribution < -0.4 is 10.2 Å². The van der Waals surface area contributed by atoms with Crippen LogP contribution in [0.4, 0.5) is 15.8 Å². The molecule has 168 valence electrons. The summed E-state index contributed by atoms with van der Waals surface area (Å²) in [5, 5.41) is 2.95. The summed E-state index contributed by atoms with van der Waals surface area (Å²) < 4.78 is 14.0. The predicted molar refractivity (Wildman–Crippen MR) is 125 cm³/mol. The van der Waals surface area contributed by atoms with Gasteiger partial charge in [0, 0.05) is 23.1 Å². The van der Waals surface area contributed by atoms with Crippen LogP contribution in [-0.2, 0) is 15.0 Å². The van der Waals surface area contributed by atoms with Gasteiger partial charge in [0.15, 0.2) is 11.6 Å². The maximum Gasteiger partial charge on any atom is 0.238 e. The molecule has 34 heavy (non-hydrogen) atoms. The van der Waals surface area contributed by atoms with E-state index >= 15 is 0 Å². The van der Waals surface area contributed by atoms with Crippen molar-refractivity contribution in [3.05, 3.63) is 95.6 Å². The highest BCUT2D eigenvalue weighted by molar-refractivity contribution is 6.16. The van der Waals surface area contributed by atoms with Gasteiger partial charge in [-0.15, -0.1) is 0 Å². The van der Waals surface area contributed by atoms with Crippen molar-refractivity contribution in [2.45, 2.75) is 24.4 Å². The SMILES string of the molecule is CC(=O)[C@@H]1[C@@H](C(=O)c2ccccn2)[C@]2(C(=O)Nc3ccccc32)[C@H]2C=Cc3cc(F)ccc3N12. The molecule has 4 atom stereocenters. The Labute approximate surface area is 195 Å². The zero-order chi connectivity index (χ0) is 23.6. The van der Waals surface area contributed by atoms with E-state index in [2.05, 4.69) is 10.3 Å². The minimum Gasteiger partial charge on any atom is -0.352 e. The molecular formula is C27H20FN3O3. The van der Waals surface area contributed by atoms with E-state index in [-0.39, 0.29) is 23.2 Å². The Hall–Kier alpha value is -4.13. The molecule has 1 saturated heterocycles. The Balaban J connectivity index is 1.67. The van der Waals surface area contributed by atoms with Crippen LogP contribution in [0, 0.1) is 11.7 Å². The number of carbonyl (C=O) groups excluding carboxylic acids is 3. The minimum absolute atomic E-state index is 0.193. The maximum atomic E-state index is 14.1. The molecule has 1 aromatic heterocycles. The molecule has 3 aliphatic heterocycles. The van der Waals surface area contributed by atoms with E-state index in [1.54, 1.807) is 36.4 Å². The summed E-state index contributed by atoms with van der Waals surface area (Å²) in [6.07, 6.45) is 5.09. The molecule has 1 N–H and O–H groups in total. The normalized spacial score (nSPS) is 26.1. The highest BCUT2D eigenvalue weighted by atomic mass is 19.1. The fourth-order valence-electron chi connectivity index (χ4n) is 5.97. The van der Waals surface area contributed by atoms with Gasteiger partial charge in [-0.3, -0.25) is 19.4 Å². The lowest BCUT2D eigenvalue weighted by atomic mass is 9.64. The molecule has 0 unspecified atom stereocenters. The van der Waals surface area contributed by atoms with Gasteiger partial charge >= 0.3 is 0 Å². The molecule has 3 aromatic rings. The molecule has 6 rings (SSSR count). The van der Waals surface area contributed by atoms with E-state index in [1.807, 2.05) is 29.2 Å². The van der Waals surface area contributed by atoms with Crippen molar-refractivity contribution < 1.29 is 18.8 Å². The molecule has 2 aromatic carbocycles. The van der Waals surface area contributed by atoms with Gasteiger partial charge in [0.05, 0.1) is 18.0 Å². The quantitative estimate of drug-likeness (QED) is 0.611. The predicted octanol–water partition coefficient (Wildman–Crippen LogP) is 3.78. The van der Waals surface area contributed by atoms with Crippen molar-refractivity contribution in [1.29, 1.82) is 0 Å². The first-order valence-corrected chi connectivity index (χ1v) is 11.1. The molecule has 1 fully saturated rings. The molecule has 6 nitrogen and oxygen atoms in total. The summed E-state index contributed by atoms with van der Waals surface area (Å²) in [6.45, 7) is 1.43. The largest absolute Gasteiger partial charge is 0.352 e. The molecule has 0 aliphatic carbocycles. The number of Topliss-reactive ketones (excluding diaryl/α,β-unsaturated/α-hetero) is 2. The number of hydrogen-bond acceptors (Lipinski definition) is 5. The van der Waals surface area contributed by atoms with E-state index in [0.29, 0.717) is 22.5 Å². The van der Waals surface area contributed by atoms with Gasteiger partial charge in [0.25, 0.3) is 0 Å². The van der Waals surface area contributed by atoms with Gasteiger partial charge in [0.1, 0.15) is 16.9 Å². The average Bonchev–Trinajstić information content (AvgIpc) is 3.32. The molecule has 0 bridgehead atoms. The van der Waals surface area contributed by atoms with Gasteiger partial charge in [-0.1, -0.05) is 36.4 Å². The lowest BCUT2D eigenvalue weighted by Crippen LogP contribution is -2.51. The van der Waals surface area contributed by atoms with Crippen molar-refractivity contribution in [1.82, 2.24) is 4.98 Å². The second kappa shape index (κ2) is 7.18. The maximum absolute atomic E-state index is 14.1. The average molecular weight is 453 g/mol. The third-order valence-electron chi connectivity index (χ3n) is 7.21. The summed E-state index contributed by atoms with van der Waals surface area (Å²) in [5.74, 6) is -2.40. The number of anilines is 2. The summed E-state index contributed by atoms with van der Waals surface area (Å²) >= 11 is 0. The van der Waals surface area contributed by atoms with Crippen LogP contribution in [0.15, 0.2) is 72.9 Å². The van der Waals surface area contributed by atoms with Gasteiger partial charge in [0.2, 0.25) is 5.91 Å². The Morgan fingerprint density at radius 2 is 1.88 bits per heavy atom. The van der Waals surface area contributed by atoms with E-state index in [1.165, 1.54) is 25.3 Å². The van der Waals surface area contributed by atoms with Gasteiger partial charge in [-0.25, -0.2) is 4.39 Å². The molecular weight excluding hydrogens is 433 g/mol. The Kier molecular flexibility index (Phi) is 4.33. The summed E-state index contributed by atoms with van der Waals surface area (Å²) in [4.78, 5) is 47.3. The topological polar surface area (TPSA) is 79.4 Å². The fraction of sp³-hybridized carbons (Fsp3) is 0.185. The fourth-order valence-corrected chi connectivity index (χ4v) is 5.97. The van der Waals surface area contributed by atoms with Crippen LogP contribution in [0.5, 0.6) is 0 Å². The zero-order valence-electron chi connectivity index (χ0n) is 18.2. The first kappa shape index (κ1) is 20.5. The first-order chi connectivity index (χ1) is 16.4. The van der Waals surface area contributed by atoms with E-state index in [0.717, 1.165) is 0 Å². The van der Waals surface area contributed by atoms with Crippen LogP contribution >= 0.6 is 0 Å². The molecule has 4 heterocycles. The Morgan fingerprint density at radius 1 is 1.09 bits per heavy atom. The number of pyridine rings is 1. The molecule has 3 aliphatic rings. The number of ketones is 2. The van der Waals surface area contributed by atoms with Gasteiger partial charge < -0.3 is 10.2 Å². The number of fused-ring (bicyclic) bond motifs is 6. The van der Waals surface area contributed by atoms with Crippen LogP contribution in [0.2, 0.25) is 0 Å². The number of nitrogens with one attached hydrogen (secondary N) is 1.